The van der Waals surface area contributed by atoms with Crippen LogP contribution in [0.4, 0.5) is 0 Å². The minimum Gasteiger partial charge on any atom is -0.383 e. The molecule has 0 aliphatic carbocycles. The third-order valence-electron chi connectivity index (χ3n) is 2.48. The Labute approximate surface area is 104 Å². The number of rotatable bonds is 9. The predicted molar refractivity (Wildman–Crippen MR) is 67.8 cm³/mol. The molecule has 0 unspecified atom stereocenters. The number of carbonyl (C=O) groups is 1. The van der Waals surface area contributed by atoms with Crippen LogP contribution < -0.4 is 5.73 Å². The molecule has 0 aromatic heterocycles. The van der Waals surface area contributed by atoms with Gasteiger partial charge in [-0.15, -0.1) is 0 Å². The first-order valence-electron chi connectivity index (χ1n) is 6.05. The number of nitrogens with zero attached hydrogens (tertiary/aromatic N) is 1. The molecule has 0 saturated heterocycles. The molecule has 2 N–H and O–H groups in total. The number of ether oxygens (including phenoxy) is 2. The smallest absolute Gasteiger partial charge is 0.239 e. The molecule has 1 amide bonds. The molecule has 0 saturated carbocycles. The highest BCUT2D eigenvalue weighted by atomic mass is 16.5. The van der Waals surface area contributed by atoms with E-state index in [2.05, 4.69) is 13.8 Å². The quantitative estimate of drug-likeness (QED) is 0.643. The van der Waals surface area contributed by atoms with Crippen LogP contribution in [-0.2, 0) is 14.3 Å². The molecule has 17 heavy (non-hydrogen) atoms. The van der Waals surface area contributed by atoms with E-state index in [0.29, 0.717) is 38.6 Å². The van der Waals surface area contributed by atoms with Crippen LogP contribution in [0, 0.1) is 5.92 Å². The van der Waals surface area contributed by atoms with Crippen molar-refractivity contribution in [2.24, 2.45) is 11.7 Å². The number of nitrogens with two attached hydrogens (primary N) is 1. The van der Waals surface area contributed by atoms with E-state index in [9.17, 15) is 4.79 Å². The molecule has 0 rings (SSSR count). The van der Waals surface area contributed by atoms with Crippen LogP contribution in [0.3, 0.4) is 0 Å². The van der Waals surface area contributed by atoms with Gasteiger partial charge < -0.3 is 20.1 Å². The van der Waals surface area contributed by atoms with E-state index >= 15 is 0 Å². The summed E-state index contributed by atoms with van der Waals surface area (Å²) in [7, 11) is 3.24. The molecule has 0 spiro atoms. The Morgan fingerprint density at radius 3 is 2.00 bits per heavy atom. The van der Waals surface area contributed by atoms with Crippen molar-refractivity contribution in [3.05, 3.63) is 0 Å². The van der Waals surface area contributed by atoms with Gasteiger partial charge in [0.1, 0.15) is 0 Å². The van der Waals surface area contributed by atoms with Crippen molar-refractivity contribution in [1.29, 1.82) is 0 Å². The molecule has 0 aliphatic heterocycles. The lowest BCUT2D eigenvalue weighted by Crippen LogP contribution is -2.46. The molecular weight excluding hydrogens is 220 g/mol. The number of hydrogen-bond acceptors (Lipinski definition) is 4. The van der Waals surface area contributed by atoms with E-state index in [1.165, 1.54) is 0 Å². The van der Waals surface area contributed by atoms with E-state index < -0.39 is 6.04 Å². The monoisotopic (exact) mass is 246 g/mol. The normalized spacial score (nSPS) is 12.8. The molecular formula is C12H26N2O3. The number of amides is 1. The van der Waals surface area contributed by atoms with Gasteiger partial charge >= 0.3 is 0 Å². The lowest BCUT2D eigenvalue weighted by Gasteiger charge is -2.25. The Kier molecular flexibility index (Phi) is 9.03. The summed E-state index contributed by atoms with van der Waals surface area (Å²) in [6.07, 6.45) is 0.704. The van der Waals surface area contributed by atoms with Crippen molar-refractivity contribution in [1.82, 2.24) is 4.90 Å². The maximum absolute atomic E-state index is 12.1. The van der Waals surface area contributed by atoms with Crippen LogP contribution >= 0.6 is 0 Å². The second kappa shape index (κ2) is 9.39. The fraction of sp³-hybridized carbons (Fsp3) is 0.917. The van der Waals surface area contributed by atoms with Crippen LogP contribution in [0.15, 0.2) is 0 Å². The number of carbonyl (C=O) groups excluding carboxylic acids is 1. The minimum absolute atomic E-state index is 0.0206. The highest BCUT2D eigenvalue weighted by Gasteiger charge is 2.21. The molecule has 0 aliphatic rings. The summed E-state index contributed by atoms with van der Waals surface area (Å²) >= 11 is 0. The summed E-state index contributed by atoms with van der Waals surface area (Å²) in [5, 5.41) is 0. The van der Waals surface area contributed by atoms with Gasteiger partial charge in [-0.25, -0.2) is 0 Å². The van der Waals surface area contributed by atoms with Crippen molar-refractivity contribution in [3.8, 4) is 0 Å². The summed E-state index contributed by atoms with van der Waals surface area (Å²) in [5.74, 6) is 0.397. The van der Waals surface area contributed by atoms with Gasteiger partial charge in [0.25, 0.3) is 0 Å². The Morgan fingerprint density at radius 1 is 1.18 bits per heavy atom. The Morgan fingerprint density at radius 2 is 1.65 bits per heavy atom. The van der Waals surface area contributed by atoms with Crippen molar-refractivity contribution in [2.75, 3.05) is 40.5 Å². The molecule has 0 bridgehead atoms. The minimum atomic E-state index is -0.427. The molecule has 5 nitrogen and oxygen atoms in total. The zero-order valence-electron chi connectivity index (χ0n) is 11.4. The van der Waals surface area contributed by atoms with Gasteiger partial charge in [-0.3, -0.25) is 4.79 Å². The summed E-state index contributed by atoms with van der Waals surface area (Å²) < 4.78 is 9.98. The Bertz CT molecular complexity index is 202. The van der Waals surface area contributed by atoms with E-state index in [1.807, 2.05) is 0 Å². The third kappa shape index (κ3) is 7.31. The van der Waals surface area contributed by atoms with Gasteiger partial charge in [-0.2, -0.15) is 0 Å². The second-order valence-electron chi connectivity index (χ2n) is 4.55. The molecule has 1 atom stereocenters. The molecule has 0 fully saturated rings. The lowest BCUT2D eigenvalue weighted by atomic mass is 10.0. The Hall–Kier alpha value is -0.650. The van der Waals surface area contributed by atoms with Crippen LogP contribution in [0.25, 0.3) is 0 Å². The topological polar surface area (TPSA) is 64.8 Å². The summed E-state index contributed by atoms with van der Waals surface area (Å²) in [5.41, 5.74) is 5.89. The number of methoxy groups -OCH3 is 2. The van der Waals surface area contributed by atoms with E-state index in [4.69, 9.17) is 15.2 Å². The molecule has 5 heteroatoms. The zero-order valence-corrected chi connectivity index (χ0v) is 11.4. The SMILES string of the molecule is COCCN(CCOC)C(=O)[C@H](N)CC(C)C. The summed E-state index contributed by atoms with van der Waals surface area (Å²) in [6.45, 7) is 6.27. The summed E-state index contributed by atoms with van der Waals surface area (Å²) in [6, 6.07) is -0.427. The predicted octanol–water partition coefficient (Wildman–Crippen LogP) is 0.481. The maximum Gasteiger partial charge on any atom is 0.239 e. The Balaban J connectivity index is 4.28. The third-order valence-corrected chi connectivity index (χ3v) is 2.48. The molecule has 0 radical (unpaired) electrons. The lowest BCUT2D eigenvalue weighted by molar-refractivity contribution is -0.134. The van der Waals surface area contributed by atoms with Gasteiger partial charge in [0.05, 0.1) is 19.3 Å². The number of hydrogen-bond donors (Lipinski definition) is 1. The van der Waals surface area contributed by atoms with Crippen molar-refractivity contribution >= 4 is 5.91 Å². The largest absolute Gasteiger partial charge is 0.383 e. The zero-order chi connectivity index (χ0) is 13.3. The van der Waals surface area contributed by atoms with Crippen LogP contribution in [0.1, 0.15) is 20.3 Å². The standard InChI is InChI=1S/C12H26N2O3/c1-10(2)9-11(13)12(15)14(5-7-16-3)6-8-17-4/h10-11H,5-9,13H2,1-4H3/t11-/m1/s1. The average Bonchev–Trinajstić information content (AvgIpc) is 2.27. The van der Waals surface area contributed by atoms with Crippen LogP contribution in [0.2, 0.25) is 0 Å². The molecule has 0 heterocycles. The average molecular weight is 246 g/mol. The molecule has 0 aromatic carbocycles. The maximum atomic E-state index is 12.1. The molecule has 102 valence electrons. The van der Waals surface area contributed by atoms with Gasteiger partial charge in [0.15, 0.2) is 0 Å². The van der Waals surface area contributed by atoms with Crippen LogP contribution in [0.5, 0.6) is 0 Å². The van der Waals surface area contributed by atoms with Crippen LogP contribution in [-0.4, -0.2) is 57.4 Å². The van der Waals surface area contributed by atoms with E-state index in [0.717, 1.165) is 0 Å². The van der Waals surface area contributed by atoms with Gasteiger partial charge in [-0.1, -0.05) is 13.8 Å². The van der Waals surface area contributed by atoms with Crippen molar-refractivity contribution in [3.63, 3.8) is 0 Å². The van der Waals surface area contributed by atoms with E-state index in [-0.39, 0.29) is 5.91 Å². The highest BCUT2D eigenvalue weighted by molar-refractivity contribution is 5.81. The van der Waals surface area contributed by atoms with Crippen molar-refractivity contribution in [2.45, 2.75) is 26.3 Å². The summed E-state index contributed by atoms with van der Waals surface area (Å²) in [4.78, 5) is 13.8. The molecule has 0 aromatic rings. The van der Waals surface area contributed by atoms with Gasteiger partial charge in [0, 0.05) is 27.3 Å². The van der Waals surface area contributed by atoms with Crippen molar-refractivity contribution < 1.29 is 14.3 Å². The highest BCUT2D eigenvalue weighted by Crippen LogP contribution is 2.06. The fourth-order valence-electron chi connectivity index (χ4n) is 1.58. The first-order valence-corrected chi connectivity index (χ1v) is 6.05. The second-order valence-corrected chi connectivity index (χ2v) is 4.55. The fourth-order valence-corrected chi connectivity index (χ4v) is 1.58. The first-order chi connectivity index (χ1) is 8.02. The van der Waals surface area contributed by atoms with E-state index in [1.54, 1.807) is 19.1 Å². The first kappa shape index (κ1) is 16.4. The van der Waals surface area contributed by atoms with Gasteiger partial charge in [0.2, 0.25) is 5.91 Å². The van der Waals surface area contributed by atoms with Gasteiger partial charge in [-0.05, 0) is 12.3 Å².